The second kappa shape index (κ2) is 10.5. The van der Waals surface area contributed by atoms with E-state index in [0.717, 1.165) is 30.8 Å². The summed E-state index contributed by atoms with van der Waals surface area (Å²) in [6.07, 6.45) is 8.42. The summed E-state index contributed by atoms with van der Waals surface area (Å²) in [7, 11) is 1.36. The maximum absolute atomic E-state index is 14.3. The predicted octanol–water partition coefficient (Wildman–Crippen LogP) is 6.17. The summed E-state index contributed by atoms with van der Waals surface area (Å²) in [5.74, 6) is -0.0229. The first-order valence-corrected chi connectivity index (χ1v) is 16.1. The minimum absolute atomic E-state index is 0.163. The third-order valence-electron chi connectivity index (χ3n) is 12.0. The van der Waals surface area contributed by atoms with Crippen LogP contribution in [0.3, 0.4) is 0 Å². The number of rotatable bonds is 2. The number of carbonyl (C=O) groups is 3. The molecule has 0 aromatic heterocycles. The van der Waals surface area contributed by atoms with Crippen LogP contribution < -0.4 is 0 Å². The van der Waals surface area contributed by atoms with Crippen molar-refractivity contribution in [2.75, 3.05) is 7.11 Å². The number of ketones is 1. The van der Waals surface area contributed by atoms with Gasteiger partial charge in [-0.05, 0) is 87.0 Å². The summed E-state index contributed by atoms with van der Waals surface area (Å²) >= 11 is 0. The zero-order valence-corrected chi connectivity index (χ0v) is 26.7. The minimum atomic E-state index is -1.06. The molecular weight excluding hydrogens is 544 g/mol. The Bertz CT molecular complexity index is 1350. The summed E-state index contributed by atoms with van der Waals surface area (Å²) in [5.41, 5.74) is 2.05. The van der Waals surface area contributed by atoms with Crippen molar-refractivity contribution in [3.8, 4) is 0 Å². The van der Waals surface area contributed by atoms with Crippen LogP contribution >= 0.6 is 0 Å². The summed E-state index contributed by atoms with van der Waals surface area (Å²) in [6.45, 7) is 15.2. The minimum Gasteiger partial charge on any atom is -0.491 e. The number of ether oxygens (including phenoxy) is 3. The van der Waals surface area contributed by atoms with Gasteiger partial charge in [0.15, 0.2) is 5.78 Å². The van der Waals surface area contributed by atoms with Crippen LogP contribution in [0.15, 0.2) is 46.8 Å². The van der Waals surface area contributed by atoms with E-state index in [1.165, 1.54) is 20.0 Å². The molecule has 6 rings (SSSR count). The maximum Gasteiger partial charge on any atom is 0.337 e. The van der Waals surface area contributed by atoms with Crippen molar-refractivity contribution in [1.82, 2.24) is 0 Å². The molecule has 0 radical (unpaired) electrons. The highest BCUT2D eigenvalue weighted by Crippen LogP contribution is 2.72. The van der Waals surface area contributed by atoms with Gasteiger partial charge in [-0.1, -0.05) is 44.6 Å². The van der Waals surface area contributed by atoms with Gasteiger partial charge in [0.2, 0.25) is 0 Å². The van der Waals surface area contributed by atoms with E-state index in [4.69, 9.17) is 14.2 Å². The smallest absolute Gasteiger partial charge is 0.337 e. The Morgan fingerprint density at radius 1 is 1.09 bits per heavy atom. The molecule has 6 aliphatic rings. The molecule has 4 bridgehead atoms. The largest absolute Gasteiger partial charge is 0.491 e. The number of hydrogen-bond donors (Lipinski definition) is 1. The van der Waals surface area contributed by atoms with Gasteiger partial charge in [0.05, 0.1) is 24.2 Å². The lowest BCUT2D eigenvalue weighted by atomic mass is 9.67. The van der Waals surface area contributed by atoms with Gasteiger partial charge in [0.25, 0.3) is 0 Å². The summed E-state index contributed by atoms with van der Waals surface area (Å²) in [5, 5.41) is 10.9. The maximum atomic E-state index is 14.3. The molecule has 9 unspecified atom stereocenters. The topological polar surface area (TPSA) is 99.1 Å². The fourth-order valence-corrected chi connectivity index (χ4v) is 9.59. The van der Waals surface area contributed by atoms with Crippen LogP contribution in [0, 0.1) is 40.4 Å². The van der Waals surface area contributed by atoms with Crippen molar-refractivity contribution in [2.45, 2.75) is 110 Å². The molecule has 1 saturated heterocycles. The van der Waals surface area contributed by atoms with Crippen molar-refractivity contribution in [3.05, 3.63) is 46.8 Å². The molecule has 4 fully saturated rings. The molecule has 7 heteroatoms. The standard InChI is InChI=1S/C36H48O7/c1-19(2)21-8-9-23-31(38)29(42-32(23)39)13-20(3)12-27(37)24-17-36(43-28(14-21)30(24)33(40)41-7)11-10-25-26(36)18-34(4,5)15-22-16-35(22,25)6/h9,12,21-22,24-26,29,31,38H,1,8,10-11,13-18H2,2-7H3. The molecule has 0 aromatic rings. The average Bonchev–Trinajstić information content (AvgIpc) is 3.35. The second-order valence-corrected chi connectivity index (χ2v) is 15.6. The Kier molecular flexibility index (Phi) is 7.38. The van der Waals surface area contributed by atoms with E-state index < -0.39 is 35.7 Å². The first-order chi connectivity index (χ1) is 20.2. The van der Waals surface area contributed by atoms with Crippen LogP contribution in [0.4, 0.5) is 0 Å². The molecule has 3 saturated carbocycles. The lowest BCUT2D eigenvalue weighted by molar-refractivity contribution is -0.143. The number of aliphatic hydroxyl groups excluding tert-OH is 1. The zero-order valence-electron chi connectivity index (χ0n) is 26.7. The van der Waals surface area contributed by atoms with E-state index >= 15 is 0 Å². The van der Waals surface area contributed by atoms with Crippen molar-refractivity contribution in [2.24, 2.45) is 40.4 Å². The van der Waals surface area contributed by atoms with E-state index in [2.05, 4.69) is 27.4 Å². The first kappa shape index (κ1) is 30.4. The highest BCUT2D eigenvalue weighted by molar-refractivity contribution is 6.03. The molecule has 43 heavy (non-hydrogen) atoms. The summed E-state index contributed by atoms with van der Waals surface area (Å²) < 4.78 is 18.0. The van der Waals surface area contributed by atoms with Crippen LogP contribution in [-0.4, -0.2) is 47.7 Å². The predicted molar refractivity (Wildman–Crippen MR) is 161 cm³/mol. The monoisotopic (exact) mass is 592 g/mol. The molecule has 0 amide bonds. The van der Waals surface area contributed by atoms with Crippen LogP contribution in [0.25, 0.3) is 0 Å². The van der Waals surface area contributed by atoms with E-state index in [1.54, 1.807) is 12.2 Å². The average molecular weight is 593 g/mol. The molecule has 1 N–H and O–H groups in total. The van der Waals surface area contributed by atoms with Crippen LogP contribution in [0.1, 0.15) is 92.4 Å². The highest BCUT2D eigenvalue weighted by atomic mass is 16.6. The van der Waals surface area contributed by atoms with Crippen LogP contribution in [-0.2, 0) is 28.6 Å². The Balaban J connectivity index is 1.48. The van der Waals surface area contributed by atoms with Crippen molar-refractivity contribution in [3.63, 3.8) is 0 Å². The van der Waals surface area contributed by atoms with Crippen molar-refractivity contribution >= 4 is 17.7 Å². The Morgan fingerprint density at radius 3 is 2.53 bits per heavy atom. The van der Waals surface area contributed by atoms with Gasteiger partial charge in [-0.15, -0.1) is 0 Å². The molecule has 7 nitrogen and oxygen atoms in total. The summed E-state index contributed by atoms with van der Waals surface area (Å²) in [6, 6.07) is 0. The zero-order chi connectivity index (χ0) is 31.1. The number of hydrogen-bond acceptors (Lipinski definition) is 7. The van der Waals surface area contributed by atoms with Gasteiger partial charge >= 0.3 is 11.9 Å². The molecule has 0 aromatic carbocycles. The SMILES string of the molecule is C=C(C)C1CC=C2C(=O)OC(CC(C)=CC(=O)C3CC4(CCC5C4CC(C)(C)CC4CC45C)OC(=C3C(=O)OC)C1)C2O. The third kappa shape index (κ3) is 5.13. The number of allylic oxidation sites excluding steroid dienone is 4. The molecule has 1 spiro atoms. The van der Waals surface area contributed by atoms with Crippen LogP contribution in [0.2, 0.25) is 0 Å². The summed E-state index contributed by atoms with van der Waals surface area (Å²) in [4.78, 5) is 40.5. The lowest BCUT2D eigenvalue weighted by Gasteiger charge is -2.47. The normalized spacial score (nSPS) is 42.0. The van der Waals surface area contributed by atoms with Crippen molar-refractivity contribution in [1.29, 1.82) is 0 Å². The Morgan fingerprint density at radius 2 is 1.84 bits per heavy atom. The molecule has 2 heterocycles. The first-order valence-electron chi connectivity index (χ1n) is 16.1. The van der Waals surface area contributed by atoms with Gasteiger partial charge in [0.1, 0.15) is 23.6 Å². The number of aliphatic hydroxyl groups is 1. The van der Waals surface area contributed by atoms with Crippen LogP contribution in [0.5, 0.6) is 0 Å². The van der Waals surface area contributed by atoms with E-state index in [0.29, 0.717) is 47.5 Å². The number of methoxy groups -OCH3 is 1. The van der Waals surface area contributed by atoms with E-state index in [-0.39, 0.29) is 35.0 Å². The van der Waals surface area contributed by atoms with Gasteiger partial charge in [-0.2, -0.15) is 0 Å². The molecule has 2 aliphatic heterocycles. The number of carbonyl (C=O) groups excluding carboxylic acids is 3. The van der Waals surface area contributed by atoms with E-state index in [1.807, 2.05) is 13.8 Å². The molecule has 9 atom stereocenters. The lowest BCUT2D eigenvalue weighted by Crippen LogP contribution is -2.48. The molecule has 234 valence electrons. The van der Waals surface area contributed by atoms with Crippen molar-refractivity contribution < 1.29 is 33.7 Å². The quantitative estimate of drug-likeness (QED) is 0.303. The van der Waals surface area contributed by atoms with Gasteiger partial charge < -0.3 is 19.3 Å². The van der Waals surface area contributed by atoms with Gasteiger partial charge in [-0.3, -0.25) is 4.79 Å². The number of esters is 2. The number of fused-ring (bicyclic) bond motifs is 7. The fraction of sp³-hybridized carbons (Fsp3) is 0.694. The van der Waals surface area contributed by atoms with Gasteiger partial charge in [-0.25, -0.2) is 9.59 Å². The highest BCUT2D eigenvalue weighted by Gasteiger charge is 2.67. The van der Waals surface area contributed by atoms with Gasteiger partial charge in [0, 0.05) is 25.2 Å². The second-order valence-electron chi connectivity index (χ2n) is 15.6. The Hall–Kier alpha value is -2.67. The Labute approximate surface area is 255 Å². The third-order valence-corrected chi connectivity index (χ3v) is 12.0. The molecular formula is C36H48O7. The van der Waals surface area contributed by atoms with E-state index in [9.17, 15) is 19.5 Å². The molecule has 4 aliphatic carbocycles. The fourth-order valence-electron chi connectivity index (χ4n) is 9.59.